The summed E-state index contributed by atoms with van der Waals surface area (Å²) in [6, 6.07) is 48.5. The topological polar surface area (TPSA) is 34.1 Å². The molecule has 0 radical (unpaired) electrons. The van der Waals surface area contributed by atoms with E-state index in [9.17, 15) is 4.79 Å². The fourth-order valence-electron chi connectivity index (χ4n) is 7.68. The SMILES string of the molecule is Cc1ccccc1C(=O)C#CC1(C(C=C2c3ccccc3-c3ccccc32)C(=O)c2ccccc2C)c2ccccc2-c2ccccc21. The smallest absolute Gasteiger partial charge is 0.236 e. The van der Waals surface area contributed by atoms with Crippen molar-refractivity contribution in [3.05, 3.63) is 196 Å². The van der Waals surface area contributed by atoms with Gasteiger partial charge in [0.15, 0.2) is 5.78 Å². The van der Waals surface area contributed by atoms with Gasteiger partial charge in [0.25, 0.3) is 0 Å². The number of rotatable bonds is 5. The van der Waals surface area contributed by atoms with Gasteiger partial charge in [0, 0.05) is 11.1 Å². The fourth-order valence-corrected chi connectivity index (χ4v) is 7.68. The Kier molecular flexibility index (Phi) is 7.12. The minimum atomic E-state index is -1.15. The molecule has 48 heavy (non-hydrogen) atoms. The van der Waals surface area contributed by atoms with Gasteiger partial charge >= 0.3 is 0 Å². The highest BCUT2D eigenvalue weighted by Crippen LogP contribution is 2.55. The molecule has 0 heterocycles. The highest BCUT2D eigenvalue weighted by Gasteiger charge is 2.50. The summed E-state index contributed by atoms with van der Waals surface area (Å²) < 4.78 is 0. The summed E-state index contributed by atoms with van der Waals surface area (Å²) in [4.78, 5) is 29.3. The molecule has 6 aromatic carbocycles. The highest BCUT2D eigenvalue weighted by molar-refractivity contribution is 6.11. The summed E-state index contributed by atoms with van der Waals surface area (Å²) in [5.41, 5.74) is 11.2. The predicted octanol–water partition coefficient (Wildman–Crippen LogP) is 10.1. The van der Waals surface area contributed by atoms with E-state index < -0.39 is 11.3 Å². The number of benzene rings is 6. The van der Waals surface area contributed by atoms with Crippen LogP contribution in [0.3, 0.4) is 0 Å². The summed E-state index contributed by atoms with van der Waals surface area (Å²) >= 11 is 0. The number of hydrogen-bond donors (Lipinski definition) is 0. The molecule has 0 aliphatic heterocycles. The van der Waals surface area contributed by atoms with Gasteiger partial charge in [-0.3, -0.25) is 9.59 Å². The van der Waals surface area contributed by atoms with Crippen LogP contribution in [0.2, 0.25) is 0 Å². The van der Waals surface area contributed by atoms with E-state index in [-0.39, 0.29) is 11.6 Å². The molecule has 2 nitrogen and oxygen atoms in total. The molecule has 1 unspecified atom stereocenters. The highest BCUT2D eigenvalue weighted by atomic mass is 16.1. The van der Waals surface area contributed by atoms with E-state index in [2.05, 4.69) is 78.6 Å². The third-order valence-electron chi connectivity index (χ3n) is 9.97. The van der Waals surface area contributed by atoms with Crippen LogP contribution >= 0.6 is 0 Å². The van der Waals surface area contributed by atoms with Crippen LogP contribution in [0.4, 0.5) is 0 Å². The predicted molar refractivity (Wildman–Crippen MR) is 194 cm³/mol. The van der Waals surface area contributed by atoms with E-state index in [0.29, 0.717) is 11.1 Å². The Bertz CT molecular complexity index is 2280. The summed E-state index contributed by atoms with van der Waals surface area (Å²) in [6.07, 6.45) is 2.14. The minimum Gasteiger partial charge on any atom is -0.293 e. The second-order valence-corrected chi connectivity index (χ2v) is 12.6. The second kappa shape index (κ2) is 11.6. The molecule has 0 saturated heterocycles. The van der Waals surface area contributed by atoms with Crippen molar-refractivity contribution in [2.24, 2.45) is 5.92 Å². The molecule has 0 bridgehead atoms. The van der Waals surface area contributed by atoms with Gasteiger partial charge in [-0.25, -0.2) is 0 Å². The van der Waals surface area contributed by atoms with E-state index in [1.807, 2.05) is 98.8 Å². The number of hydrogen-bond acceptors (Lipinski definition) is 2. The largest absolute Gasteiger partial charge is 0.293 e. The Morgan fingerprint density at radius 2 is 0.938 bits per heavy atom. The number of fused-ring (bicyclic) bond motifs is 6. The van der Waals surface area contributed by atoms with Crippen molar-refractivity contribution in [3.63, 3.8) is 0 Å². The van der Waals surface area contributed by atoms with Gasteiger partial charge in [0.2, 0.25) is 5.78 Å². The van der Waals surface area contributed by atoms with Crippen molar-refractivity contribution in [2.75, 3.05) is 0 Å². The normalized spacial score (nSPS) is 13.7. The Morgan fingerprint density at radius 3 is 1.46 bits per heavy atom. The third kappa shape index (κ3) is 4.51. The monoisotopic (exact) mass is 616 g/mol. The van der Waals surface area contributed by atoms with Crippen molar-refractivity contribution in [2.45, 2.75) is 19.3 Å². The van der Waals surface area contributed by atoms with Crippen LogP contribution < -0.4 is 0 Å². The molecule has 0 spiro atoms. The first-order chi connectivity index (χ1) is 23.5. The lowest BCUT2D eigenvalue weighted by atomic mass is 9.65. The number of allylic oxidation sites excluding steroid dienone is 1. The molecule has 2 heteroatoms. The number of carbonyl (C=O) groups is 2. The lowest BCUT2D eigenvalue weighted by molar-refractivity contribution is 0.0921. The summed E-state index contributed by atoms with van der Waals surface area (Å²) in [5.74, 6) is 5.59. The fraction of sp³-hybridized carbons (Fsp3) is 0.0870. The van der Waals surface area contributed by atoms with Crippen molar-refractivity contribution in [1.82, 2.24) is 0 Å². The Labute approximate surface area is 281 Å². The maximum absolute atomic E-state index is 15.4. The molecule has 8 rings (SSSR count). The van der Waals surface area contributed by atoms with E-state index in [1.54, 1.807) is 0 Å². The zero-order valence-electron chi connectivity index (χ0n) is 26.8. The van der Waals surface area contributed by atoms with Crippen LogP contribution in [0.1, 0.15) is 54.1 Å². The van der Waals surface area contributed by atoms with Crippen molar-refractivity contribution in [1.29, 1.82) is 0 Å². The molecule has 228 valence electrons. The minimum absolute atomic E-state index is 0.0355. The maximum atomic E-state index is 15.4. The van der Waals surface area contributed by atoms with Crippen LogP contribution in [-0.4, -0.2) is 11.6 Å². The molecular weight excluding hydrogens is 585 g/mol. The molecule has 0 amide bonds. The summed E-state index contributed by atoms with van der Waals surface area (Å²) in [6.45, 7) is 3.91. The number of aryl methyl sites for hydroxylation is 2. The molecule has 2 aliphatic rings. The molecule has 1 atom stereocenters. The second-order valence-electron chi connectivity index (χ2n) is 12.6. The zero-order valence-corrected chi connectivity index (χ0v) is 26.8. The van der Waals surface area contributed by atoms with Gasteiger partial charge in [0.05, 0.1) is 11.3 Å². The Morgan fingerprint density at radius 1 is 0.521 bits per heavy atom. The van der Waals surface area contributed by atoms with E-state index in [0.717, 1.165) is 61.2 Å². The van der Waals surface area contributed by atoms with E-state index >= 15 is 4.79 Å². The standard InChI is InChI=1S/C46H32O2/c1-30-15-3-5-17-32(30)44(47)27-28-46(41-25-13-11-23-38(41)39-24-12-14-26-42(39)46)43(45(48)33-18-6-4-16-31(33)2)29-40-36-21-9-7-19-34(36)35-20-8-10-22-37(35)40/h3-26,29,43H,1-2H3. The number of carbonyl (C=O) groups excluding carboxylic acids is 2. The molecule has 0 aromatic heterocycles. The van der Waals surface area contributed by atoms with Gasteiger partial charge in [-0.05, 0) is 81.0 Å². The van der Waals surface area contributed by atoms with Gasteiger partial charge in [-0.15, -0.1) is 0 Å². The van der Waals surface area contributed by atoms with Crippen molar-refractivity contribution in [3.8, 4) is 34.1 Å². The molecule has 6 aromatic rings. The first-order valence-corrected chi connectivity index (χ1v) is 16.3. The van der Waals surface area contributed by atoms with E-state index in [4.69, 9.17) is 0 Å². The van der Waals surface area contributed by atoms with Crippen molar-refractivity contribution >= 4 is 17.1 Å². The van der Waals surface area contributed by atoms with Crippen molar-refractivity contribution < 1.29 is 9.59 Å². The molecule has 0 saturated carbocycles. The van der Waals surface area contributed by atoms with Crippen LogP contribution in [0, 0.1) is 31.6 Å². The average molecular weight is 617 g/mol. The zero-order chi connectivity index (χ0) is 32.8. The molecule has 0 N–H and O–H groups in total. The third-order valence-corrected chi connectivity index (χ3v) is 9.97. The maximum Gasteiger partial charge on any atom is 0.236 e. The average Bonchev–Trinajstić information content (AvgIpc) is 3.60. The van der Waals surface area contributed by atoms with Gasteiger partial charge < -0.3 is 0 Å². The first kappa shape index (κ1) is 29.4. The molecule has 2 aliphatic carbocycles. The molecular formula is C46H32O2. The first-order valence-electron chi connectivity index (χ1n) is 16.3. The molecule has 0 fully saturated rings. The van der Waals surface area contributed by atoms with Gasteiger partial charge in [-0.1, -0.05) is 158 Å². The van der Waals surface area contributed by atoms with E-state index in [1.165, 1.54) is 0 Å². The lowest BCUT2D eigenvalue weighted by Gasteiger charge is -2.34. The summed E-state index contributed by atoms with van der Waals surface area (Å²) in [7, 11) is 0. The van der Waals surface area contributed by atoms with Crippen LogP contribution in [0.25, 0.3) is 27.8 Å². The Balaban J connectivity index is 1.47. The Hall–Kier alpha value is -6.04. The van der Waals surface area contributed by atoms with Gasteiger partial charge in [0.1, 0.15) is 0 Å². The van der Waals surface area contributed by atoms with Gasteiger partial charge in [-0.2, -0.15) is 0 Å². The van der Waals surface area contributed by atoms with Crippen LogP contribution in [0.15, 0.2) is 152 Å². The quantitative estimate of drug-likeness (QED) is 0.110. The van der Waals surface area contributed by atoms with Crippen LogP contribution in [-0.2, 0) is 5.41 Å². The number of ketones is 2. The lowest BCUT2D eigenvalue weighted by Crippen LogP contribution is -2.38. The number of Topliss-reactive ketones (excluding diaryl/α,β-unsaturated/α-hetero) is 2. The summed E-state index contributed by atoms with van der Waals surface area (Å²) in [5, 5.41) is 0. The van der Waals surface area contributed by atoms with Crippen LogP contribution in [0.5, 0.6) is 0 Å².